The van der Waals surface area contributed by atoms with Gasteiger partial charge in [0.25, 0.3) is 0 Å². The lowest BCUT2D eigenvalue weighted by atomic mass is 9.47. The van der Waals surface area contributed by atoms with E-state index in [1.807, 2.05) is 26.0 Å². The van der Waals surface area contributed by atoms with Gasteiger partial charge in [-0.3, -0.25) is 0 Å². The predicted octanol–water partition coefficient (Wildman–Crippen LogP) is 3.89. The zero-order valence-corrected chi connectivity index (χ0v) is 16.9. The van der Waals surface area contributed by atoms with Crippen LogP contribution < -0.4 is 0 Å². The van der Waals surface area contributed by atoms with Gasteiger partial charge in [0.15, 0.2) is 0 Å². The van der Waals surface area contributed by atoms with Gasteiger partial charge in [0.05, 0.1) is 18.3 Å². The fourth-order valence-corrected chi connectivity index (χ4v) is 5.15. The average Bonchev–Trinajstić information content (AvgIpc) is 2.63. The summed E-state index contributed by atoms with van der Waals surface area (Å²) in [7, 11) is 0. The van der Waals surface area contributed by atoms with E-state index in [1.54, 1.807) is 12.1 Å². The van der Waals surface area contributed by atoms with Crippen LogP contribution in [0.25, 0.3) is 0 Å². The number of hydrogen-bond acceptors (Lipinski definition) is 4. The third-order valence-electron chi connectivity index (χ3n) is 7.53. The molecule has 0 spiro atoms. The predicted molar refractivity (Wildman–Crippen MR) is 105 cm³/mol. The van der Waals surface area contributed by atoms with Crippen molar-refractivity contribution >= 4 is 5.97 Å². The van der Waals surface area contributed by atoms with E-state index in [0.29, 0.717) is 11.5 Å². The number of fused-ring (bicyclic) bond motifs is 2. The van der Waals surface area contributed by atoms with E-state index in [0.717, 1.165) is 30.4 Å². The van der Waals surface area contributed by atoms with E-state index in [2.05, 4.69) is 20.4 Å². The van der Waals surface area contributed by atoms with Crippen molar-refractivity contribution in [2.45, 2.75) is 59.2 Å². The summed E-state index contributed by atoms with van der Waals surface area (Å²) in [5.41, 5.74) is 2.10. The molecule has 0 aromatic heterocycles. The Balaban J connectivity index is 1.92. The first-order valence-corrected chi connectivity index (χ1v) is 9.89. The van der Waals surface area contributed by atoms with Crippen molar-refractivity contribution in [3.8, 4) is 0 Å². The van der Waals surface area contributed by atoms with E-state index < -0.39 is 11.5 Å². The van der Waals surface area contributed by atoms with Crippen molar-refractivity contribution in [3.63, 3.8) is 0 Å². The van der Waals surface area contributed by atoms with Crippen LogP contribution in [0.1, 0.15) is 56.0 Å². The van der Waals surface area contributed by atoms with Crippen molar-refractivity contribution in [1.29, 1.82) is 0 Å². The molecular formula is C23H32O4. The molecule has 2 saturated carbocycles. The largest absolute Gasteiger partial charge is 0.458 e. The number of hydrogen-bond donors (Lipinski definition) is 2. The minimum absolute atomic E-state index is 0.0217. The van der Waals surface area contributed by atoms with E-state index in [9.17, 15) is 15.0 Å². The van der Waals surface area contributed by atoms with Gasteiger partial charge < -0.3 is 14.9 Å². The van der Waals surface area contributed by atoms with E-state index >= 15 is 0 Å². The zero-order chi connectivity index (χ0) is 20.0. The molecule has 1 aromatic rings. The Kier molecular flexibility index (Phi) is 5.26. The van der Waals surface area contributed by atoms with E-state index in [-0.39, 0.29) is 30.0 Å². The topological polar surface area (TPSA) is 66.8 Å². The van der Waals surface area contributed by atoms with E-state index in [1.165, 1.54) is 0 Å². The lowest BCUT2D eigenvalue weighted by molar-refractivity contribution is -0.128. The maximum atomic E-state index is 12.8. The van der Waals surface area contributed by atoms with Crippen molar-refractivity contribution in [1.82, 2.24) is 0 Å². The fraction of sp³-hybridized carbons (Fsp3) is 0.609. The molecule has 0 aliphatic heterocycles. The molecule has 4 nitrogen and oxygen atoms in total. The van der Waals surface area contributed by atoms with Crippen LogP contribution in [-0.2, 0) is 4.74 Å². The van der Waals surface area contributed by atoms with Crippen LogP contribution in [0.3, 0.4) is 0 Å². The molecule has 0 heterocycles. The maximum Gasteiger partial charge on any atom is 0.338 e. The van der Waals surface area contributed by atoms with Crippen LogP contribution in [0.4, 0.5) is 0 Å². The van der Waals surface area contributed by atoms with Crippen molar-refractivity contribution < 1.29 is 19.7 Å². The number of benzene rings is 1. The third kappa shape index (κ3) is 3.23. The standard InChI is InChI=1S/C23H32O4/c1-14-6-8-17(9-7-14)21(26)27-18-12-15(2)22(4)10-11-23(5,19(25)13-24)20(18)16(22)3/h6-9,15,18-20,24-25H,3,10-13H2,1-2,4-5H3/t15-,18+,19-,20+,22+,23-/m1/s1. The molecule has 0 saturated heterocycles. The highest BCUT2D eigenvalue weighted by atomic mass is 16.5. The molecule has 2 N–H and O–H groups in total. The fourth-order valence-electron chi connectivity index (χ4n) is 5.15. The molecule has 0 unspecified atom stereocenters. The Labute approximate surface area is 162 Å². The van der Waals surface area contributed by atoms with Crippen LogP contribution in [0, 0.1) is 29.6 Å². The number of aliphatic hydroxyl groups excluding tert-OH is 2. The molecule has 1 aromatic carbocycles. The lowest BCUT2D eigenvalue weighted by Gasteiger charge is -2.60. The highest BCUT2D eigenvalue weighted by Gasteiger charge is 2.59. The molecule has 27 heavy (non-hydrogen) atoms. The molecule has 2 bridgehead atoms. The minimum Gasteiger partial charge on any atom is -0.458 e. The smallest absolute Gasteiger partial charge is 0.338 e. The van der Waals surface area contributed by atoms with Gasteiger partial charge in [0.1, 0.15) is 6.10 Å². The molecule has 6 atom stereocenters. The first kappa shape index (κ1) is 20.1. The second kappa shape index (κ2) is 7.06. The Morgan fingerprint density at radius 2 is 1.93 bits per heavy atom. The highest BCUT2D eigenvalue weighted by molar-refractivity contribution is 5.89. The number of esters is 1. The summed E-state index contributed by atoms with van der Waals surface area (Å²) in [6, 6.07) is 7.36. The molecule has 2 fully saturated rings. The number of carbonyl (C=O) groups excluding carboxylic acids is 1. The SMILES string of the molecule is C=C1[C@H]2[C@@H](OC(=O)c3ccc(C)cc3)C[C@@H](C)[C@]1(C)CC[C@]2(C)[C@H](O)CO. The summed E-state index contributed by atoms with van der Waals surface area (Å²) in [6.07, 6.45) is 1.23. The molecule has 148 valence electrons. The van der Waals surface area contributed by atoms with Gasteiger partial charge >= 0.3 is 5.97 Å². The normalized spacial score (nSPS) is 37.0. The Bertz CT molecular complexity index is 724. The average molecular weight is 373 g/mol. The van der Waals surface area contributed by atoms with Gasteiger partial charge in [-0.1, -0.05) is 50.6 Å². The Hall–Kier alpha value is -1.65. The second-order valence-corrected chi connectivity index (χ2v) is 9.07. The summed E-state index contributed by atoms with van der Waals surface area (Å²) in [6.45, 7) is 12.5. The Morgan fingerprint density at radius 1 is 1.30 bits per heavy atom. The van der Waals surface area contributed by atoms with Gasteiger partial charge in [-0.25, -0.2) is 4.79 Å². The number of carbonyl (C=O) groups is 1. The molecule has 2 aliphatic rings. The third-order valence-corrected chi connectivity index (χ3v) is 7.53. The number of aliphatic hydroxyl groups is 2. The van der Waals surface area contributed by atoms with Crippen molar-refractivity contribution in [2.75, 3.05) is 6.61 Å². The van der Waals surface area contributed by atoms with Crippen LogP contribution in [-0.4, -0.2) is 35.0 Å². The van der Waals surface area contributed by atoms with Crippen LogP contribution in [0.5, 0.6) is 0 Å². The molecular weight excluding hydrogens is 340 g/mol. The first-order chi connectivity index (χ1) is 12.6. The first-order valence-electron chi connectivity index (χ1n) is 9.89. The Morgan fingerprint density at radius 3 is 2.52 bits per heavy atom. The van der Waals surface area contributed by atoms with Crippen LogP contribution in [0.15, 0.2) is 36.4 Å². The monoisotopic (exact) mass is 372 g/mol. The minimum atomic E-state index is -0.863. The summed E-state index contributed by atoms with van der Waals surface area (Å²) >= 11 is 0. The molecule has 0 radical (unpaired) electrons. The summed E-state index contributed by atoms with van der Waals surface area (Å²) < 4.78 is 5.99. The van der Waals surface area contributed by atoms with Gasteiger partial charge in [0, 0.05) is 11.3 Å². The summed E-state index contributed by atoms with van der Waals surface area (Å²) in [4.78, 5) is 12.8. The zero-order valence-electron chi connectivity index (χ0n) is 16.9. The molecule has 3 rings (SSSR count). The van der Waals surface area contributed by atoms with Gasteiger partial charge in [-0.15, -0.1) is 0 Å². The van der Waals surface area contributed by atoms with Crippen LogP contribution in [0.2, 0.25) is 0 Å². The molecule has 2 aliphatic carbocycles. The van der Waals surface area contributed by atoms with Crippen LogP contribution >= 0.6 is 0 Å². The summed E-state index contributed by atoms with van der Waals surface area (Å²) in [5, 5.41) is 20.2. The van der Waals surface area contributed by atoms with Gasteiger partial charge in [-0.05, 0) is 49.7 Å². The molecule has 0 amide bonds. The van der Waals surface area contributed by atoms with Crippen molar-refractivity contribution in [2.24, 2.45) is 22.7 Å². The molecule has 4 heteroatoms. The number of rotatable bonds is 4. The lowest BCUT2D eigenvalue weighted by Crippen LogP contribution is -2.58. The second-order valence-electron chi connectivity index (χ2n) is 9.07. The number of aryl methyl sites for hydroxylation is 1. The van der Waals surface area contributed by atoms with E-state index in [4.69, 9.17) is 4.74 Å². The van der Waals surface area contributed by atoms with Gasteiger partial charge in [0.2, 0.25) is 0 Å². The van der Waals surface area contributed by atoms with Crippen molar-refractivity contribution in [3.05, 3.63) is 47.5 Å². The maximum absolute atomic E-state index is 12.8. The van der Waals surface area contributed by atoms with Gasteiger partial charge in [-0.2, -0.15) is 0 Å². The highest BCUT2D eigenvalue weighted by Crippen LogP contribution is 2.62. The summed E-state index contributed by atoms with van der Waals surface area (Å²) in [5.74, 6) is -0.160. The number of ether oxygens (including phenoxy) is 1. The quantitative estimate of drug-likeness (QED) is 0.621.